The minimum Gasteiger partial charge on any atom is -0.490 e. The number of nitro groups is 1. The van der Waals surface area contributed by atoms with Crippen LogP contribution in [0.1, 0.15) is 5.89 Å². The minimum absolute atomic E-state index is 0.0737. The van der Waals surface area contributed by atoms with E-state index < -0.39 is 4.92 Å². The van der Waals surface area contributed by atoms with E-state index in [0.29, 0.717) is 5.56 Å². The first-order valence-electron chi connectivity index (χ1n) is 4.87. The fraction of sp³-hybridized carbons (Fsp3) is 0.200. The standard InChI is InChI=1S/C10H8ClN3O4/c1-17-9-6(3-2-4-7(9)14(15)16)10-13-12-8(5-11)18-10/h2-4H,5H2,1H3. The van der Waals surface area contributed by atoms with Crippen LogP contribution in [0.4, 0.5) is 5.69 Å². The molecule has 1 aromatic carbocycles. The predicted octanol–water partition coefficient (Wildman–Crippen LogP) is 2.39. The van der Waals surface area contributed by atoms with Gasteiger partial charge in [0.25, 0.3) is 5.89 Å². The van der Waals surface area contributed by atoms with Crippen molar-refractivity contribution < 1.29 is 14.1 Å². The maximum Gasteiger partial charge on any atom is 0.311 e. The lowest BCUT2D eigenvalue weighted by Gasteiger charge is -2.04. The highest BCUT2D eigenvalue weighted by Crippen LogP contribution is 2.36. The van der Waals surface area contributed by atoms with E-state index in [1.54, 1.807) is 6.07 Å². The average Bonchev–Trinajstić information content (AvgIpc) is 2.86. The van der Waals surface area contributed by atoms with Gasteiger partial charge in [-0.05, 0) is 6.07 Å². The average molecular weight is 270 g/mol. The zero-order chi connectivity index (χ0) is 13.1. The summed E-state index contributed by atoms with van der Waals surface area (Å²) >= 11 is 5.55. The molecule has 0 aliphatic heterocycles. The molecule has 0 aliphatic carbocycles. The number of aromatic nitrogens is 2. The van der Waals surface area contributed by atoms with E-state index in [9.17, 15) is 10.1 Å². The number of methoxy groups -OCH3 is 1. The highest BCUT2D eigenvalue weighted by atomic mass is 35.5. The van der Waals surface area contributed by atoms with E-state index in [2.05, 4.69) is 10.2 Å². The second-order valence-corrected chi connectivity index (χ2v) is 3.52. The van der Waals surface area contributed by atoms with Gasteiger partial charge in [0, 0.05) is 6.07 Å². The molecule has 0 bridgehead atoms. The van der Waals surface area contributed by atoms with Gasteiger partial charge in [0.15, 0.2) is 0 Å². The minimum atomic E-state index is -0.541. The first-order valence-corrected chi connectivity index (χ1v) is 5.41. The molecule has 2 rings (SSSR count). The summed E-state index contributed by atoms with van der Waals surface area (Å²) in [6.45, 7) is 0. The Bertz CT molecular complexity index is 584. The van der Waals surface area contributed by atoms with E-state index in [0.717, 1.165) is 0 Å². The molecular formula is C10H8ClN3O4. The van der Waals surface area contributed by atoms with Crippen molar-refractivity contribution in [2.75, 3.05) is 7.11 Å². The van der Waals surface area contributed by atoms with Gasteiger partial charge >= 0.3 is 5.69 Å². The molecule has 0 radical (unpaired) electrons. The highest BCUT2D eigenvalue weighted by Gasteiger charge is 2.22. The van der Waals surface area contributed by atoms with Crippen LogP contribution in [0.2, 0.25) is 0 Å². The maximum absolute atomic E-state index is 10.9. The molecular weight excluding hydrogens is 262 g/mol. The molecule has 0 saturated carbocycles. The molecule has 0 saturated heterocycles. The number of hydrogen-bond acceptors (Lipinski definition) is 6. The van der Waals surface area contributed by atoms with Crippen molar-refractivity contribution in [1.82, 2.24) is 10.2 Å². The van der Waals surface area contributed by atoms with Crippen LogP contribution in [-0.2, 0) is 5.88 Å². The van der Waals surface area contributed by atoms with Crippen LogP contribution in [0, 0.1) is 10.1 Å². The quantitative estimate of drug-likeness (QED) is 0.481. The van der Waals surface area contributed by atoms with E-state index in [-0.39, 0.29) is 29.1 Å². The normalized spacial score (nSPS) is 10.3. The molecule has 1 aromatic heterocycles. The van der Waals surface area contributed by atoms with Crippen LogP contribution in [0.3, 0.4) is 0 Å². The van der Waals surface area contributed by atoms with E-state index in [1.165, 1.54) is 19.2 Å². The van der Waals surface area contributed by atoms with Crippen LogP contribution in [-0.4, -0.2) is 22.2 Å². The molecule has 2 aromatic rings. The van der Waals surface area contributed by atoms with Crippen molar-refractivity contribution in [2.24, 2.45) is 0 Å². The third-order valence-electron chi connectivity index (χ3n) is 2.21. The Morgan fingerprint density at radius 2 is 2.28 bits per heavy atom. The molecule has 0 atom stereocenters. The number of hydrogen-bond donors (Lipinski definition) is 0. The lowest BCUT2D eigenvalue weighted by atomic mass is 10.1. The summed E-state index contributed by atoms with van der Waals surface area (Å²) < 4.78 is 10.3. The summed E-state index contributed by atoms with van der Waals surface area (Å²) in [4.78, 5) is 10.3. The molecule has 0 N–H and O–H groups in total. The molecule has 18 heavy (non-hydrogen) atoms. The molecule has 0 fully saturated rings. The molecule has 0 amide bonds. The molecule has 7 nitrogen and oxygen atoms in total. The number of rotatable bonds is 4. The number of benzene rings is 1. The first-order chi connectivity index (χ1) is 8.67. The van der Waals surface area contributed by atoms with E-state index in [1.807, 2.05) is 0 Å². The molecule has 94 valence electrons. The highest BCUT2D eigenvalue weighted by molar-refractivity contribution is 6.16. The van der Waals surface area contributed by atoms with Crippen molar-refractivity contribution in [3.05, 3.63) is 34.2 Å². The van der Waals surface area contributed by atoms with Crippen molar-refractivity contribution in [2.45, 2.75) is 5.88 Å². The lowest BCUT2D eigenvalue weighted by molar-refractivity contribution is -0.385. The Balaban J connectivity index is 2.56. The van der Waals surface area contributed by atoms with E-state index >= 15 is 0 Å². The number of halogens is 1. The molecule has 0 aliphatic rings. The summed E-state index contributed by atoms with van der Waals surface area (Å²) in [5, 5.41) is 18.3. The van der Waals surface area contributed by atoms with Crippen LogP contribution >= 0.6 is 11.6 Å². The Hall–Kier alpha value is -2.15. The Morgan fingerprint density at radius 3 is 2.83 bits per heavy atom. The third-order valence-corrected chi connectivity index (χ3v) is 2.44. The lowest BCUT2D eigenvalue weighted by Crippen LogP contribution is -1.95. The van der Waals surface area contributed by atoms with Crippen LogP contribution in [0.5, 0.6) is 5.75 Å². The molecule has 0 spiro atoms. The van der Waals surface area contributed by atoms with Gasteiger partial charge in [-0.15, -0.1) is 21.8 Å². The summed E-state index contributed by atoms with van der Waals surface area (Å²) in [6, 6.07) is 4.44. The largest absolute Gasteiger partial charge is 0.490 e. The van der Waals surface area contributed by atoms with Crippen LogP contribution in [0.25, 0.3) is 11.5 Å². The first kappa shape index (κ1) is 12.3. The summed E-state index contributed by atoms with van der Waals surface area (Å²) in [7, 11) is 1.34. The number of para-hydroxylation sites is 1. The maximum atomic E-state index is 10.9. The van der Waals surface area contributed by atoms with Gasteiger partial charge in [-0.25, -0.2) is 0 Å². The van der Waals surface area contributed by atoms with Gasteiger partial charge in [-0.3, -0.25) is 10.1 Å². The van der Waals surface area contributed by atoms with Gasteiger partial charge in [-0.1, -0.05) is 6.07 Å². The Morgan fingerprint density at radius 1 is 1.50 bits per heavy atom. The fourth-order valence-corrected chi connectivity index (χ4v) is 1.58. The Kier molecular flexibility index (Phi) is 3.42. The van der Waals surface area contributed by atoms with Gasteiger partial charge in [-0.2, -0.15) is 0 Å². The zero-order valence-electron chi connectivity index (χ0n) is 9.29. The second-order valence-electron chi connectivity index (χ2n) is 3.25. The summed E-state index contributed by atoms with van der Waals surface area (Å²) in [5.41, 5.74) is 0.191. The van der Waals surface area contributed by atoms with Crippen molar-refractivity contribution in [1.29, 1.82) is 0 Å². The Labute approximate surface area is 106 Å². The van der Waals surface area contributed by atoms with Crippen molar-refractivity contribution in [3.63, 3.8) is 0 Å². The predicted molar refractivity (Wildman–Crippen MR) is 62.5 cm³/mol. The smallest absolute Gasteiger partial charge is 0.311 e. The topological polar surface area (TPSA) is 91.3 Å². The third kappa shape index (κ3) is 2.12. The zero-order valence-corrected chi connectivity index (χ0v) is 10.0. The number of nitrogens with zero attached hydrogens (tertiary/aromatic N) is 3. The molecule has 0 unspecified atom stereocenters. The van der Waals surface area contributed by atoms with E-state index in [4.69, 9.17) is 20.8 Å². The van der Waals surface area contributed by atoms with Crippen molar-refractivity contribution >= 4 is 17.3 Å². The van der Waals surface area contributed by atoms with Crippen LogP contribution in [0.15, 0.2) is 22.6 Å². The van der Waals surface area contributed by atoms with Gasteiger partial charge in [0.2, 0.25) is 11.6 Å². The SMILES string of the molecule is COc1c(-c2nnc(CCl)o2)cccc1[N+](=O)[O-]. The summed E-state index contributed by atoms with van der Waals surface area (Å²) in [6.07, 6.45) is 0. The summed E-state index contributed by atoms with van der Waals surface area (Å²) in [5.74, 6) is 0.517. The number of alkyl halides is 1. The number of nitro benzene ring substituents is 1. The molecule has 8 heteroatoms. The van der Waals surface area contributed by atoms with Crippen LogP contribution < -0.4 is 4.74 Å². The monoisotopic (exact) mass is 269 g/mol. The van der Waals surface area contributed by atoms with Gasteiger partial charge < -0.3 is 9.15 Å². The van der Waals surface area contributed by atoms with Crippen molar-refractivity contribution in [3.8, 4) is 17.2 Å². The second kappa shape index (κ2) is 5.01. The molecule has 1 heterocycles. The van der Waals surface area contributed by atoms with Gasteiger partial charge in [0.1, 0.15) is 5.88 Å². The fourth-order valence-electron chi connectivity index (χ4n) is 1.47. The van der Waals surface area contributed by atoms with Gasteiger partial charge in [0.05, 0.1) is 17.6 Å². The number of ether oxygens (including phenoxy) is 1.